The second-order valence-electron chi connectivity index (χ2n) is 10.2. The largest absolute Gasteiger partial charge is 0.390 e. The average molecular weight is 420 g/mol. The van der Waals surface area contributed by atoms with Gasteiger partial charge in [-0.2, -0.15) is 0 Å². The maximum absolute atomic E-state index is 10.7. The summed E-state index contributed by atoms with van der Waals surface area (Å²) in [6.45, 7) is 11.2. The van der Waals surface area contributed by atoms with Crippen molar-refractivity contribution in [2.24, 2.45) is 0 Å². The molecule has 0 bridgehead atoms. The molecule has 2 aliphatic carbocycles. The topological polar surface area (TPSA) is 101 Å². The van der Waals surface area contributed by atoms with Crippen molar-refractivity contribution in [3.8, 4) is 0 Å². The first kappa shape index (κ1) is 19.5. The van der Waals surface area contributed by atoms with Gasteiger partial charge in [0.1, 0.15) is 36.6 Å². The summed E-state index contributed by atoms with van der Waals surface area (Å²) >= 11 is 0. The van der Waals surface area contributed by atoms with Gasteiger partial charge in [-0.3, -0.25) is 4.98 Å². The van der Waals surface area contributed by atoms with Crippen molar-refractivity contribution < 1.29 is 33.5 Å². The molecule has 1 N–H and O–H groups in total. The third-order valence-electron chi connectivity index (χ3n) is 6.36. The zero-order valence-electron chi connectivity index (χ0n) is 18.0. The van der Waals surface area contributed by atoms with Crippen LogP contribution >= 0.6 is 0 Å². The lowest BCUT2D eigenvalue weighted by molar-refractivity contribution is -0.175. The molecular formula is C21H28N2O7. The van der Waals surface area contributed by atoms with Crippen LogP contribution in [0.5, 0.6) is 0 Å². The normalized spacial score (nSPS) is 44.0. The van der Waals surface area contributed by atoms with Crippen molar-refractivity contribution in [1.29, 1.82) is 0 Å². The van der Waals surface area contributed by atoms with Crippen LogP contribution in [0.1, 0.15) is 82.6 Å². The summed E-state index contributed by atoms with van der Waals surface area (Å²) in [5.74, 6) is -2.35. The number of ether oxygens (including phenoxy) is 6. The number of aliphatic hydroxyl groups excluding tert-OH is 1. The van der Waals surface area contributed by atoms with Gasteiger partial charge in [-0.25, -0.2) is 4.98 Å². The maximum atomic E-state index is 10.7. The Balaban J connectivity index is 1.50. The van der Waals surface area contributed by atoms with Gasteiger partial charge < -0.3 is 33.5 Å². The lowest BCUT2D eigenvalue weighted by atomic mass is 9.87. The molecule has 1 aromatic rings. The van der Waals surface area contributed by atoms with E-state index in [1.807, 2.05) is 41.5 Å². The summed E-state index contributed by atoms with van der Waals surface area (Å²) in [6, 6.07) is 0. The molecule has 3 saturated heterocycles. The molecule has 4 heterocycles. The van der Waals surface area contributed by atoms with Gasteiger partial charge in [0.2, 0.25) is 0 Å². The number of aliphatic hydroxyl groups is 1. The lowest BCUT2D eigenvalue weighted by Gasteiger charge is -2.35. The van der Waals surface area contributed by atoms with Crippen molar-refractivity contribution >= 4 is 0 Å². The van der Waals surface area contributed by atoms with E-state index in [4.69, 9.17) is 38.4 Å². The molecule has 0 amide bonds. The molecule has 9 nitrogen and oxygen atoms in total. The van der Waals surface area contributed by atoms with E-state index in [2.05, 4.69) is 0 Å². The van der Waals surface area contributed by atoms with Crippen molar-refractivity contribution in [3.63, 3.8) is 0 Å². The van der Waals surface area contributed by atoms with Crippen LogP contribution in [0.4, 0.5) is 0 Å². The van der Waals surface area contributed by atoms with Crippen LogP contribution in [0.15, 0.2) is 0 Å². The highest BCUT2D eigenvalue weighted by Crippen LogP contribution is 2.54. The van der Waals surface area contributed by atoms with Gasteiger partial charge >= 0.3 is 0 Å². The molecule has 7 atom stereocenters. The second-order valence-corrected chi connectivity index (χ2v) is 10.2. The zero-order valence-corrected chi connectivity index (χ0v) is 18.0. The molecule has 30 heavy (non-hydrogen) atoms. The summed E-state index contributed by atoms with van der Waals surface area (Å²) < 4.78 is 36.9. The van der Waals surface area contributed by atoms with Gasteiger partial charge in [-0.1, -0.05) is 0 Å². The van der Waals surface area contributed by atoms with Gasteiger partial charge in [0.15, 0.2) is 17.4 Å². The van der Waals surface area contributed by atoms with Gasteiger partial charge in [0.25, 0.3) is 0 Å². The molecule has 0 aromatic carbocycles. The van der Waals surface area contributed by atoms with Crippen molar-refractivity contribution in [2.45, 2.75) is 108 Å². The maximum Gasteiger partial charge on any atom is 0.164 e. The van der Waals surface area contributed by atoms with E-state index in [-0.39, 0.29) is 12.2 Å². The minimum absolute atomic E-state index is 0.342. The Kier molecular flexibility index (Phi) is 3.75. The summed E-state index contributed by atoms with van der Waals surface area (Å²) in [5, 5.41) is 10.7. The van der Waals surface area contributed by atoms with E-state index in [0.29, 0.717) is 29.2 Å². The highest BCUT2D eigenvalue weighted by Gasteiger charge is 2.61. The van der Waals surface area contributed by atoms with Crippen LogP contribution in [0.3, 0.4) is 0 Å². The Morgan fingerprint density at radius 3 is 1.60 bits per heavy atom. The Bertz CT molecular complexity index is 917. The smallest absolute Gasteiger partial charge is 0.164 e. The zero-order chi connectivity index (χ0) is 21.2. The number of hydrogen-bond acceptors (Lipinski definition) is 9. The number of hydrogen-bond donors (Lipinski definition) is 1. The van der Waals surface area contributed by atoms with Gasteiger partial charge in [-0.15, -0.1) is 0 Å². The molecule has 5 aliphatic rings. The predicted octanol–water partition coefficient (Wildman–Crippen LogP) is 1.98. The van der Waals surface area contributed by atoms with Crippen LogP contribution in [0, 0.1) is 0 Å². The van der Waals surface area contributed by atoms with Gasteiger partial charge in [-0.05, 0) is 41.5 Å². The van der Waals surface area contributed by atoms with Crippen LogP contribution in [-0.4, -0.2) is 56.9 Å². The molecule has 0 radical (unpaired) electrons. The van der Waals surface area contributed by atoms with Crippen molar-refractivity contribution in [2.75, 3.05) is 0 Å². The quantitative estimate of drug-likeness (QED) is 0.675. The van der Waals surface area contributed by atoms with E-state index in [1.165, 1.54) is 0 Å². The summed E-state index contributed by atoms with van der Waals surface area (Å²) in [6.07, 6.45) is -2.88. The van der Waals surface area contributed by atoms with Crippen LogP contribution < -0.4 is 0 Å². The third kappa shape index (κ3) is 2.73. The molecule has 9 heteroatoms. The van der Waals surface area contributed by atoms with Crippen LogP contribution in [0.2, 0.25) is 0 Å². The highest BCUT2D eigenvalue weighted by atomic mass is 16.8. The summed E-state index contributed by atoms with van der Waals surface area (Å²) in [4.78, 5) is 9.92. The predicted molar refractivity (Wildman–Crippen MR) is 100 cm³/mol. The Labute approximate surface area is 175 Å². The summed E-state index contributed by atoms with van der Waals surface area (Å²) in [5.41, 5.74) is 2.77. The van der Waals surface area contributed by atoms with E-state index in [1.54, 1.807) is 0 Å². The lowest BCUT2D eigenvalue weighted by Crippen LogP contribution is -2.43. The molecular weight excluding hydrogens is 392 g/mol. The molecule has 3 aliphatic heterocycles. The second kappa shape index (κ2) is 5.78. The fraction of sp³-hybridized carbons (Fsp3) is 0.810. The number of nitrogens with zero attached hydrogens (tertiary/aromatic N) is 2. The Morgan fingerprint density at radius 2 is 1.07 bits per heavy atom. The van der Waals surface area contributed by atoms with Crippen LogP contribution in [-0.2, 0) is 34.8 Å². The highest BCUT2D eigenvalue weighted by molar-refractivity contribution is 5.34. The molecule has 0 unspecified atom stereocenters. The standard InChI is InChI=1S/C21H28N2O7/c1-19(2)25-13-9(24)7-8-10(14(13)26-19)23-12-11(22-8)15-17(29-20(3,4)27-15)18-16(12)28-21(5,6)30-18/h9,13-18,24H,7H2,1-6H3/t9-,13+,14-,15-,16-,17-,18-/m1/s1. The fourth-order valence-electron chi connectivity index (χ4n) is 5.39. The minimum Gasteiger partial charge on any atom is -0.390 e. The molecule has 0 saturated carbocycles. The third-order valence-corrected chi connectivity index (χ3v) is 6.36. The van der Waals surface area contributed by atoms with Gasteiger partial charge in [0, 0.05) is 6.42 Å². The Hall–Kier alpha value is -1.20. The fourth-order valence-corrected chi connectivity index (χ4v) is 5.39. The number of fused-ring (bicyclic) bond motifs is 9. The first-order chi connectivity index (χ1) is 13.9. The molecule has 6 rings (SSSR count). The number of rotatable bonds is 0. The SMILES string of the molecule is CC1(C)O[C@H]2[C@@H]3OC(C)(C)O[C@@H]3c3nc4c(nc3[C@H]2O1)C[C@@H](O)[C@@H]1OC(C)(C)O[C@H]41. The minimum atomic E-state index is -0.801. The molecule has 0 spiro atoms. The molecule has 164 valence electrons. The number of aromatic nitrogens is 2. The van der Waals surface area contributed by atoms with Crippen molar-refractivity contribution in [3.05, 3.63) is 22.8 Å². The molecule has 1 aromatic heterocycles. The van der Waals surface area contributed by atoms with Crippen LogP contribution in [0.25, 0.3) is 0 Å². The van der Waals surface area contributed by atoms with E-state index in [9.17, 15) is 5.11 Å². The first-order valence-electron chi connectivity index (χ1n) is 10.6. The van der Waals surface area contributed by atoms with Gasteiger partial charge in [0.05, 0.1) is 28.9 Å². The average Bonchev–Trinajstić information content (AvgIpc) is 3.23. The van der Waals surface area contributed by atoms with E-state index >= 15 is 0 Å². The first-order valence-corrected chi connectivity index (χ1v) is 10.6. The monoisotopic (exact) mass is 420 g/mol. The Morgan fingerprint density at radius 1 is 0.633 bits per heavy atom. The van der Waals surface area contributed by atoms with E-state index < -0.39 is 47.9 Å². The molecule has 3 fully saturated rings. The van der Waals surface area contributed by atoms with Crippen molar-refractivity contribution in [1.82, 2.24) is 9.97 Å². The summed E-state index contributed by atoms with van der Waals surface area (Å²) in [7, 11) is 0. The van der Waals surface area contributed by atoms with E-state index in [0.717, 1.165) is 0 Å².